The lowest BCUT2D eigenvalue weighted by atomic mass is 9.91. The van der Waals surface area contributed by atoms with Crippen LogP contribution in [0.2, 0.25) is 0 Å². The Hall–Kier alpha value is -8.26. The van der Waals surface area contributed by atoms with E-state index in [1.54, 1.807) is 94.7 Å². The summed E-state index contributed by atoms with van der Waals surface area (Å²) in [4.78, 5) is 3.44. The molecule has 0 atom stereocenters. The predicted molar refractivity (Wildman–Crippen MR) is 232 cm³/mol. The molecule has 0 saturated heterocycles. The molecular weight excluding hydrogens is 875 g/mol. The molecule has 0 aliphatic rings. The molecule has 326 valence electrons. The summed E-state index contributed by atoms with van der Waals surface area (Å²) in [6, 6.07) is 44.4. The largest absolute Gasteiger partial charge is 0.449 e. The first-order valence-electron chi connectivity index (χ1n) is 19.9. The van der Waals surface area contributed by atoms with Crippen LogP contribution in [0.1, 0.15) is 0 Å². The topological polar surface area (TPSA) is 24.9 Å². The van der Waals surface area contributed by atoms with E-state index in [2.05, 4.69) is 0 Å². The molecule has 0 spiro atoms. The van der Waals surface area contributed by atoms with Crippen molar-refractivity contribution in [3.05, 3.63) is 216 Å². The van der Waals surface area contributed by atoms with Crippen molar-refractivity contribution in [2.75, 3.05) is 9.80 Å². The summed E-state index contributed by atoms with van der Waals surface area (Å²) in [5.74, 6) is -25.4. The van der Waals surface area contributed by atoms with Gasteiger partial charge in [0.05, 0.1) is 22.7 Å². The maximum atomic E-state index is 15.1. The molecule has 10 rings (SSSR count). The average Bonchev–Trinajstić information content (AvgIpc) is 3.35. The first-order chi connectivity index (χ1) is 31.9. The Morgan fingerprint density at radius 2 is 0.576 bits per heavy atom. The van der Waals surface area contributed by atoms with E-state index in [0.717, 1.165) is 21.5 Å². The molecule has 0 saturated carbocycles. The van der Waals surface area contributed by atoms with Crippen LogP contribution in [0.3, 0.4) is 0 Å². The zero-order valence-corrected chi connectivity index (χ0v) is 33.5. The first kappa shape index (κ1) is 41.7. The van der Waals surface area contributed by atoms with Gasteiger partial charge in [-0.3, -0.25) is 0 Å². The van der Waals surface area contributed by atoms with E-state index in [4.69, 9.17) is 9.47 Å². The van der Waals surface area contributed by atoms with Crippen LogP contribution < -0.4 is 19.3 Å². The Morgan fingerprint density at radius 3 is 0.939 bits per heavy atom. The molecule has 0 aliphatic heterocycles. The molecular formula is C52H26F10N2O2. The van der Waals surface area contributed by atoms with Crippen LogP contribution in [0.4, 0.5) is 78.0 Å². The zero-order valence-electron chi connectivity index (χ0n) is 33.5. The predicted octanol–water partition coefficient (Wildman–Crippen LogP) is 16.5. The molecule has 0 N–H and O–H groups in total. The molecule has 0 aliphatic carbocycles. The maximum Gasteiger partial charge on any atom is 0.207 e. The smallest absolute Gasteiger partial charge is 0.207 e. The van der Waals surface area contributed by atoms with Gasteiger partial charge < -0.3 is 19.3 Å². The van der Waals surface area contributed by atoms with Gasteiger partial charge in [-0.1, -0.05) is 97.1 Å². The second-order valence-electron chi connectivity index (χ2n) is 14.9. The average molecular weight is 901 g/mol. The number of halogens is 10. The van der Waals surface area contributed by atoms with Crippen molar-refractivity contribution < 1.29 is 53.4 Å². The Labute approximate surface area is 367 Å². The molecule has 14 heteroatoms. The standard InChI is InChI=1S/C52H26F10N2O2/c53-41-43(55)47(59)51(48(60)44(41)56)65-37-17-9-7-15-35(37)63(29-11-3-1-4-12-29)33-25-21-27-20-24-32-34(26-22-28-19-23-31(33)39(27)40(28)32)64(30-13-5-2-6-14-30)36-16-8-10-18-38(36)66-52-49(61)45(57)42(54)46(58)50(52)62/h1-26H. The summed E-state index contributed by atoms with van der Waals surface area (Å²) in [6.45, 7) is 0. The van der Waals surface area contributed by atoms with Gasteiger partial charge in [-0.15, -0.1) is 0 Å². The van der Waals surface area contributed by atoms with Crippen LogP contribution in [0, 0.1) is 58.2 Å². The number of hydrogen-bond acceptors (Lipinski definition) is 4. The fourth-order valence-corrected chi connectivity index (χ4v) is 8.16. The zero-order chi connectivity index (χ0) is 46.0. The van der Waals surface area contributed by atoms with Gasteiger partial charge in [-0.05, 0) is 82.2 Å². The van der Waals surface area contributed by atoms with Crippen molar-refractivity contribution in [3.63, 3.8) is 0 Å². The Morgan fingerprint density at radius 1 is 0.273 bits per heavy atom. The van der Waals surface area contributed by atoms with Gasteiger partial charge in [0.2, 0.25) is 69.7 Å². The van der Waals surface area contributed by atoms with E-state index >= 15 is 17.6 Å². The number of ether oxygens (including phenoxy) is 2. The number of anilines is 6. The van der Waals surface area contributed by atoms with Crippen LogP contribution in [-0.4, -0.2) is 0 Å². The summed E-state index contributed by atoms with van der Waals surface area (Å²) in [6.07, 6.45) is 0. The summed E-state index contributed by atoms with van der Waals surface area (Å²) in [5.41, 5.74) is 2.43. The van der Waals surface area contributed by atoms with Gasteiger partial charge in [0.1, 0.15) is 0 Å². The molecule has 0 bridgehead atoms. The number of benzene rings is 10. The van der Waals surface area contributed by atoms with Crippen LogP contribution >= 0.6 is 0 Å². The third-order valence-corrected chi connectivity index (χ3v) is 11.1. The van der Waals surface area contributed by atoms with Gasteiger partial charge in [-0.2, -0.15) is 17.6 Å². The SMILES string of the molecule is Fc1c(F)c(F)c(Oc2ccccc2N(c2ccccc2)c2ccc3ccc4c(N(c5ccccc5)c5ccccc5Oc5c(F)c(F)c(F)c(F)c5F)ccc5ccc2c3c54)c(F)c1F. The minimum absolute atomic E-state index is 0.170. The third-order valence-electron chi connectivity index (χ3n) is 11.1. The van der Waals surface area contributed by atoms with Crippen LogP contribution in [0.5, 0.6) is 23.0 Å². The lowest BCUT2D eigenvalue weighted by Crippen LogP contribution is -2.13. The third kappa shape index (κ3) is 6.71. The molecule has 0 amide bonds. The second kappa shape index (κ2) is 16.4. The molecule has 10 aromatic carbocycles. The molecule has 4 nitrogen and oxygen atoms in total. The van der Waals surface area contributed by atoms with E-state index in [9.17, 15) is 26.3 Å². The summed E-state index contributed by atoms with van der Waals surface area (Å²) in [7, 11) is 0. The van der Waals surface area contributed by atoms with Crippen molar-refractivity contribution in [1.82, 2.24) is 0 Å². The normalized spacial score (nSPS) is 11.5. The monoisotopic (exact) mass is 900 g/mol. The highest BCUT2D eigenvalue weighted by Gasteiger charge is 2.31. The van der Waals surface area contributed by atoms with Crippen molar-refractivity contribution in [1.29, 1.82) is 0 Å². The van der Waals surface area contributed by atoms with Crippen molar-refractivity contribution in [3.8, 4) is 23.0 Å². The Kier molecular flexibility index (Phi) is 10.4. The van der Waals surface area contributed by atoms with Crippen LogP contribution in [0.15, 0.2) is 158 Å². The lowest BCUT2D eigenvalue weighted by Gasteiger charge is -2.30. The van der Waals surface area contributed by atoms with E-state index in [-0.39, 0.29) is 22.9 Å². The van der Waals surface area contributed by atoms with Crippen LogP contribution in [0.25, 0.3) is 32.3 Å². The minimum atomic E-state index is -2.33. The highest BCUT2D eigenvalue weighted by molar-refractivity contribution is 6.28. The fraction of sp³-hybridized carbons (Fsp3) is 0. The molecule has 0 aromatic heterocycles. The van der Waals surface area contributed by atoms with Crippen molar-refractivity contribution in [2.45, 2.75) is 0 Å². The molecule has 10 aromatic rings. The Balaban J connectivity index is 1.18. The number of hydrogen-bond donors (Lipinski definition) is 0. The number of rotatable bonds is 10. The molecule has 0 fully saturated rings. The summed E-state index contributed by atoms with van der Waals surface area (Å²) >= 11 is 0. The van der Waals surface area contributed by atoms with E-state index in [1.807, 2.05) is 48.5 Å². The van der Waals surface area contributed by atoms with Gasteiger partial charge in [0.25, 0.3) is 0 Å². The highest BCUT2D eigenvalue weighted by atomic mass is 19.2. The molecule has 0 unspecified atom stereocenters. The fourth-order valence-electron chi connectivity index (χ4n) is 8.16. The van der Waals surface area contributed by atoms with E-state index in [0.29, 0.717) is 33.5 Å². The minimum Gasteiger partial charge on any atom is -0.449 e. The van der Waals surface area contributed by atoms with E-state index in [1.165, 1.54) is 24.3 Å². The summed E-state index contributed by atoms with van der Waals surface area (Å²) < 4.78 is 157. The van der Waals surface area contributed by atoms with E-state index < -0.39 is 69.7 Å². The van der Waals surface area contributed by atoms with Gasteiger partial charge in [-0.25, -0.2) is 26.3 Å². The number of para-hydroxylation sites is 6. The quantitative estimate of drug-likeness (QED) is 0.0591. The summed E-state index contributed by atoms with van der Waals surface area (Å²) in [5, 5.41) is 4.34. The van der Waals surface area contributed by atoms with Gasteiger partial charge in [0, 0.05) is 22.1 Å². The maximum absolute atomic E-state index is 15.1. The van der Waals surface area contributed by atoms with Gasteiger partial charge in [0.15, 0.2) is 11.5 Å². The highest BCUT2D eigenvalue weighted by Crippen LogP contribution is 2.51. The number of nitrogens with zero attached hydrogens (tertiary/aromatic N) is 2. The van der Waals surface area contributed by atoms with Crippen molar-refractivity contribution >= 4 is 66.4 Å². The lowest BCUT2D eigenvalue weighted by molar-refractivity contribution is 0.332. The van der Waals surface area contributed by atoms with Gasteiger partial charge >= 0.3 is 0 Å². The molecule has 0 radical (unpaired) electrons. The van der Waals surface area contributed by atoms with Crippen molar-refractivity contribution in [2.24, 2.45) is 0 Å². The Bertz CT molecular complexity index is 3230. The molecule has 66 heavy (non-hydrogen) atoms. The second-order valence-corrected chi connectivity index (χ2v) is 14.9. The first-order valence-corrected chi connectivity index (χ1v) is 19.9. The van der Waals surface area contributed by atoms with Crippen LogP contribution in [-0.2, 0) is 0 Å². The molecule has 0 heterocycles.